The number of carbonyl (C=O) groups is 1. The van der Waals surface area contributed by atoms with Crippen molar-refractivity contribution in [2.75, 3.05) is 0 Å². The Kier molecular flexibility index (Phi) is 4.17. The fourth-order valence-corrected chi connectivity index (χ4v) is 1.98. The van der Waals surface area contributed by atoms with Crippen LogP contribution < -0.4 is 4.72 Å². The molecule has 15 heavy (non-hydrogen) atoms. The number of hydrogen-bond acceptors (Lipinski definition) is 2. The van der Waals surface area contributed by atoms with Crippen LogP contribution in [-0.2, 0) is 15.8 Å². The molecule has 0 aliphatic rings. The molecule has 0 aliphatic carbocycles. The zero-order valence-electron chi connectivity index (χ0n) is 9.11. The van der Waals surface area contributed by atoms with Crippen molar-refractivity contribution in [3.05, 3.63) is 29.8 Å². The summed E-state index contributed by atoms with van der Waals surface area (Å²) in [4.78, 5) is 11.7. The second-order valence-corrected chi connectivity index (χ2v) is 4.78. The first-order valence-corrected chi connectivity index (χ1v) is 5.90. The molecule has 2 atom stereocenters. The number of hydrogen-bond donors (Lipinski definition) is 1. The van der Waals surface area contributed by atoms with E-state index in [9.17, 15) is 9.00 Å². The van der Waals surface area contributed by atoms with Crippen LogP contribution >= 0.6 is 0 Å². The third-order valence-electron chi connectivity index (χ3n) is 2.13. The first-order chi connectivity index (χ1) is 7.00. The number of nitrogens with one attached hydrogen (secondary N) is 1. The highest BCUT2D eigenvalue weighted by molar-refractivity contribution is 7.83. The minimum Gasteiger partial charge on any atom is -0.298 e. The number of rotatable bonds is 4. The summed E-state index contributed by atoms with van der Waals surface area (Å²) < 4.78 is 14.5. The van der Waals surface area contributed by atoms with Crippen LogP contribution in [0.15, 0.2) is 29.2 Å². The third-order valence-corrected chi connectivity index (χ3v) is 3.40. The van der Waals surface area contributed by atoms with Gasteiger partial charge in [0.05, 0.1) is 10.9 Å². The molecule has 82 valence electrons. The van der Waals surface area contributed by atoms with E-state index in [1.807, 2.05) is 19.1 Å². The van der Waals surface area contributed by atoms with Crippen LogP contribution in [0.2, 0.25) is 0 Å². The number of aryl methyl sites for hydroxylation is 1. The summed E-state index contributed by atoms with van der Waals surface area (Å²) in [5, 5.41) is 0. The van der Waals surface area contributed by atoms with Crippen LogP contribution in [-0.4, -0.2) is 16.0 Å². The fraction of sp³-hybridized carbons (Fsp3) is 0.364. The molecule has 3 nitrogen and oxygen atoms in total. The topological polar surface area (TPSA) is 46.2 Å². The van der Waals surface area contributed by atoms with E-state index in [0.29, 0.717) is 4.90 Å². The quantitative estimate of drug-likeness (QED) is 0.845. The molecular formula is C11H15NO2S. The van der Waals surface area contributed by atoms with Gasteiger partial charge in [-0.3, -0.25) is 4.79 Å². The van der Waals surface area contributed by atoms with E-state index in [2.05, 4.69) is 4.72 Å². The summed E-state index contributed by atoms with van der Waals surface area (Å²) in [5.74, 6) is -0.0181. The van der Waals surface area contributed by atoms with Crippen molar-refractivity contribution in [3.8, 4) is 0 Å². The maximum Gasteiger partial charge on any atom is 0.147 e. The summed E-state index contributed by atoms with van der Waals surface area (Å²) in [6.07, 6.45) is 0. The maximum atomic E-state index is 11.7. The molecule has 4 heteroatoms. The highest BCUT2D eigenvalue weighted by atomic mass is 32.2. The fourth-order valence-electron chi connectivity index (χ4n) is 0.973. The highest BCUT2D eigenvalue weighted by Gasteiger charge is 2.11. The van der Waals surface area contributed by atoms with E-state index in [-0.39, 0.29) is 11.8 Å². The minimum absolute atomic E-state index is 0.0181. The van der Waals surface area contributed by atoms with Gasteiger partial charge in [-0.05, 0) is 32.9 Å². The SMILES string of the molecule is CC(=O)[C@H](C)NS(=O)c1ccc(C)cc1. The maximum absolute atomic E-state index is 11.7. The van der Waals surface area contributed by atoms with Crippen molar-refractivity contribution in [3.63, 3.8) is 0 Å². The number of benzene rings is 1. The molecule has 1 aromatic carbocycles. The van der Waals surface area contributed by atoms with E-state index in [4.69, 9.17) is 0 Å². The van der Waals surface area contributed by atoms with Gasteiger partial charge in [0, 0.05) is 0 Å². The number of carbonyl (C=O) groups excluding carboxylic acids is 1. The molecule has 0 bridgehead atoms. The Morgan fingerprint density at radius 2 is 1.87 bits per heavy atom. The monoisotopic (exact) mass is 225 g/mol. The van der Waals surface area contributed by atoms with Gasteiger partial charge in [0.25, 0.3) is 0 Å². The Balaban J connectivity index is 2.69. The molecule has 0 amide bonds. The molecule has 0 aliphatic heterocycles. The van der Waals surface area contributed by atoms with Gasteiger partial charge in [-0.25, -0.2) is 8.93 Å². The standard InChI is InChI=1S/C11H15NO2S/c1-8-4-6-11(7-5-8)15(14)12-9(2)10(3)13/h4-7,9,12H,1-3H3/t9-,15?/m0/s1. The molecule has 0 spiro atoms. The average molecular weight is 225 g/mol. The van der Waals surface area contributed by atoms with Gasteiger partial charge in [-0.2, -0.15) is 0 Å². The molecule has 0 radical (unpaired) electrons. The van der Waals surface area contributed by atoms with Gasteiger partial charge in [-0.15, -0.1) is 0 Å². The van der Waals surface area contributed by atoms with Crippen molar-refractivity contribution >= 4 is 16.8 Å². The van der Waals surface area contributed by atoms with E-state index in [1.165, 1.54) is 6.92 Å². The van der Waals surface area contributed by atoms with Crippen LogP contribution in [0.3, 0.4) is 0 Å². The molecule has 0 aromatic heterocycles. The Bertz CT molecular complexity index is 373. The van der Waals surface area contributed by atoms with Crippen LogP contribution in [0.25, 0.3) is 0 Å². The largest absolute Gasteiger partial charge is 0.298 e. The van der Waals surface area contributed by atoms with Crippen molar-refractivity contribution in [1.82, 2.24) is 4.72 Å². The van der Waals surface area contributed by atoms with Gasteiger partial charge >= 0.3 is 0 Å². The molecule has 0 saturated heterocycles. The van der Waals surface area contributed by atoms with Crippen LogP contribution in [0, 0.1) is 6.92 Å². The molecule has 1 rings (SSSR count). The second kappa shape index (κ2) is 5.19. The molecule has 1 aromatic rings. The Morgan fingerprint density at radius 1 is 1.33 bits per heavy atom. The average Bonchev–Trinajstić information content (AvgIpc) is 2.18. The Labute approximate surface area is 92.5 Å². The molecule has 0 saturated carbocycles. The first-order valence-electron chi connectivity index (χ1n) is 4.76. The Morgan fingerprint density at radius 3 is 2.33 bits per heavy atom. The van der Waals surface area contributed by atoms with Crippen molar-refractivity contribution in [1.29, 1.82) is 0 Å². The van der Waals surface area contributed by atoms with Crippen LogP contribution in [0.1, 0.15) is 19.4 Å². The number of Topliss-reactive ketones (excluding diaryl/α,β-unsaturated/α-hetero) is 1. The third kappa shape index (κ3) is 3.57. The Hall–Kier alpha value is -1.00. The lowest BCUT2D eigenvalue weighted by molar-refractivity contribution is -0.118. The van der Waals surface area contributed by atoms with Crippen LogP contribution in [0.4, 0.5) is 0 Å². The highest BCUT2D eigenvalue weighted by Crippen LogP contribution is 2.07. The van der Waals surface area contributed by atoms with E-state index >= 15 is 0 Å². The van der Waals surface area contributed by atoms with Crippen LogP contribution in [0.5, 0.6) is 0 Å². The molecule has 0 heterocycles. The molecular weight excluding hydrogens is 210 g/mol. The van der Waals surface area contributed by atoms with E-state index in [1.54, 1.807) is 19.1 Å². The lowest BCUT2D eigenvalue weighted by Crippen LogP contribution is -2.33. The zero-order chi connectivity index (χ0) is 11.4. The first kappa shape index (κ1) is 12.1. The smallest absolute Gasteiger partial charge is 0.147 e. The predicted octanol–water partition coefficient (Wildman–Crippen LogP) is 1.58. The lowest BCUT2D eigenvalue weighted by atomic mass is 10.2. The molecule has 0 fully saturated rings. The van der Waals surface area contributed by atoms with Gasteiger partial charge < -0.3 is 0 Å². The summed E-state index contributed by atoms with van der Waals surface area (Å²) in [6, 6.07) is 7.00. The second-order valence-electron chi connectivity index (χ2n) is 3.53. The predicted molar refractivity (Wildman–Crippen MR) is 60.9 cm³/mol. The minimum atomic E-state index is -1.31. The summed E-state index contributed by atoms with van der Waals surface area (Å²) in [5.41, 5.74) is 1.12. The van der Waals surface area contributed by atoms with E-state index < -0.39 is 11.0 Å². The van der Waals surface area contributed by atoms with Gasteiger partial charge in [0.2, 0.25) is 0 Å². The lowest BCUT2D eigenvalue weighted by Gasteiger charge is -2.09. The molecule has 1 N–H and O–H groups in total. The van der Waals surface area contributed by atoms with Gasteiger partial charge in [-0.1, -0.05) is 17.7 Å². The zero-order valence-corrected chi connectivity index (χ0v) is 9.93. The summed E-state index contributed by atoms with van der Waals surface area (Å²) >= 11 is 0. The van der Waals surface area contributed by atoms with Crippen molar-refractivity contribution < 1.29 is 9.00 Å². The van der Waals surface area contributed by atoms with Crippen molar-refractivity contribution in [2.45, 2.75) is 31.7 Å². The normalized spacial score (nSPS) is 14.6. The summed E-state index contributed by atoms with van der Waals surface area (Å²) in [7, 11) is -1.31. The van der Waals surface area contributed by atoms with Crippen molar-refractivity contribution in [2.24, 2.45) is 0 Å². The van der Waals surface area contributed by atoms with Gasteiger partial charge in [0.1, 0.15) is 16.8 Å². The summed E-state index contributed by atoms with van der Waals surface area (Å²) in [6.45, 7) is 5.15. The number of ketones is 1. The molecule has 1 unspecified atom stereocenters. The van der Waals surface area contributed by atoms with E-state index in [0.717, 1.165) is 5.56 Å². The van der Waals surface area contributed by atoms with Gasteiger partial charge in [0.15, 0.2) is 0 Å².